The predicted molar refractivity (Wildman–Crippen MR) is 134 cm³/mol. The Balaban J connectivity index is 1.64. The van der Waals surface area contributed by atoms with E-state index in [2.05, 4.69) is 66.1 Å². The predicted octanol–water partition coefficient (Wildman–Crippen LogP) is 8.07. The Labute approximate surface area is 189 Å². The molecular formula is C28H22N2S. The molecular weight excluding hydrogens is 396 g/mol. The molecule has 2 heterocycles. The van der Waals surface area contributed by atoms with Crippen LogP contribution in [0.4, 0.5) is 0 Å². The Kier molecular flexibility index (Phi) is 3.51. The third kappa shape index (κ3) is 2.81. The molecule has 6 rings (SSSR count). The molecule has 0 saturated heterocycles. The van der Waals surface area contributed by atoms with Crippen LogP contribution >= 0.6 is 11.3 Å². The van der Waals surface area contributed by atoms with Crippen LogP contribution in [0.2, 0.25) is 0 Å². The molecule has 0 aliphatic heterocycles. The largest absolute Gasteiger partial charge is 0.324 e. The minimum atomic E-state index is -2.11. The molecule has 150 valence electrons. The molecule has 31 heavy (non-hydrogen) atoms. The van der Waals surface area contributed by atoms with Crippen LogP contribution in [0.15, 0.2) is 84.9 Å². The Bertz CT molecular complexity index is 1670. The average Bonchev–Trinajstić information content (AvgIpc) is 3.41. The summed E-state index contributed by atoms with van der Waals surface area (Å²) in [7, 11) is 0. The summed E-state index contributed by atoms with van der Waals surface area (Å²) in [6.07, 6.45) is 0. The lowest BCUT2D eigenvalue weighted by atomic mass is 9.96. The molecule has 6 aromatic rings. The number of thiophene rings is 1. The van der Waals surface area contributed by atoms with Crippen molar-refractivity contribution in [3.63, 3.8) is 0 Å². The standard InChI is InChI=1S/C28H22N2S/c1-3-30-24-10-6-5-9-23(24)29-28(30)22-17-16-20(19-14-12-18(2)13-15-19)26-21-8-4-7-11-25(21)31-27(22)26/h4-17H,3H2,1-2H3/i2D3. The molecule has 0 atom stereocenters. The lowest BCUT2D eigenvalue weighted by Gasteiger charge is -2.11. The maximum Gasteiger partial charge on any atom is 0.142 e. The van der Waals surface area contributed by atoms with Crippen molar-refractivity contribution in [2.75, 3.05) is 0 Å². The van der Waals surface area contributed by atoms with Crippen LogP contribution < -0.4 is 0 Å². The number of fused-ring (bicyclic) bond motifs is 4. The highest BCUT2D eigenvalue weighted by molar-refractivity contribution is 7.26. The van der Waals surface area contributed by atoms with E-state index in [1.165, 1.54) is 20.2 Å². The van der Waals surface area contributed by atoms with Crippen molar-refractivity contribution in [1.82, 2.24) is 9.55 Å². The fourth-order valence-corrected chi connectivity index (χ4v) is 5.73. The van der Waals surface area contributed by atoms with Gasteiger partial charge in [0.2, 0.25) is 0 Å². The van der Waals surface area contributed by atoms with Crippen LogP contribution in [0, 0.1) is 6.85 Å². The first-order valence-electron chi connectivity index (χ1n) is 12.0. The molecule has 0 N–H and O–H groups in total. The summed E-state index contributed by atoms with van der Waals surface area (Å²) in [5, 5.41) is 2.40. The van der Waals surface area contributed by atoms with Gasteiger partial charge in [0.05, 0.1) is 11.0 Å². The lowest BCUT2D eigenvalue weighted by molar-refractivity contribution is 0.797. The zero-order valence-electron chi connectivity index (χ0n) is 20.1. The monoisotopic (exact) mass is 421 g/mol. The number of aromatic nitrogens is 2. The SMILES string of the molecule is [2H]C([2H])([2H])c1ccc(-c2ccc(-c3nc4ccccc4n3CC)c3sc4ccccc4c23)cc1. The Morgan fingerprint density at radius 3 is 2.48 bits per heavy atom. The number of nitrogens with zero attached hydrogens (tertiary/aromatic N) is 2. The average molecular weight is 422 g/mol. The number of aryl methyl sites for hydroxylation is 2. The van der Waals surface area contributed by atoms with E-state index in [4.69, 9.17) is 9.10 Å². The first kappa shape index (κ1) is 15.4. The molecule has 0 radical (unpaired) electrons. The highest BCUT2D eigenvalue weighted by Gasteiger charge is 2.19. The maximum absolute atomic E-state index is 7.70. The molecule has 0 spiro atoms. The van der Waals surface area contributed by atoms with Crippen LogP contribution in [0.3, 0.4) is 0 Å². The molecule has 3 heteroatoms. The second kappa shape index (κ2) is 7.07. The number of hydrogen-bond acceptors (Lipinski definition) is 2. The number of imidazole rings is 1. The number of para-hydroxylation sites is 2. The van der Waals surface area contributed by atoms with Crippen LogP contribution in [-0.4, -0.2) is 9.55 Å². The smallest absolute Gasteiger partial charge is 0.142 e. The van der Waals surface area contributed by atoms with E-state index >= 15 is 0 Å². The van der Waals surface area contributed by atoms with Crippen LogP contribution in [0.1, 0.15) is 16.6 Å². The van der Waals surface area contributed by atoms with Crippen molar-refractivity contribution >= 4 is 42.5 Å². The van der Waals surface area contributed by atoms with E-state index < -0.39 is 6.85 Å². The fourth-order valence-electron chi connectivity index (χ4n) is 4.50. The first-order valence-corrected chi connectivity index (χ1v) is 11.3. The van der Waals surface area contributed by atoms with E-state index in [0.717, 1.165) is 40.1 Å². The van der Waals surface area contributed by atoms with Crippen molar-refractivity contribution < 1.29 is 4.11 Å². The lowest BCUT2D eigenvalue weighted by Crippen LogP contribution is -1.97. The topological polar surface area (TPSA) is 17.8 Å². The molecule has 0 saturated carbocycles. The Morgan fingerprint density at radius 2 is 1.65 bits per heavy atom. The van der Waals surface area contributed by atoms with E-state index in [1.54, 1.807) is 23.5 Å². The van der Waals surface area contributed by atoms with Gasteiger partial charge in [0.1, 0.15) is 5.82 Å². The van der Waals surface area contributed by atoms with E-state index in [0.29, 0.717) is 5.56 Å². The summed E-state index contributed by atoms with van der Waals surface area (Å²) >= 11 is 1.79. The highest BCUT2D eigenvalue weighted by Crippen LogP contribution is 2.44. The minimum absolute atomic E-state index is 0.357. The summed E-state index contributed by atoms with van der Waals surface area (Å²) in [4.78, 5) is 5.02. The molecule has 2 nitrogen and oxygen atoms in total. The summed E-state index contributed by atoms with van der Waals surface area (Å²) in [5.74, 6) is 0.976. The third-order valence-corrected chi connectivity index (χ3v) is 7.14. The second-order valence-electron chi connectivity index (χ2n) is 7.71. The summed E-state index contributed by atoms with van der Waals surface area (Å²) in [6, 6.07) is 28.3. The summed E-state index contributed by atoms with van der Waals surface area (Å²) < 4.78 is 27.8. The van der Waals surface area contributed by atoms with Gasteiger partial charge in [0, 0.05) is 36.4 Å². The van der Waals surface area contributed by atoms with E-state index in [9.17, 15) is 0 Å². The molecule has 2 aromatic heterocycles. The van der Waals surface area contributed by atoms with Gasteiger partial charge in [0.25, 0.3) is 0 Å². The zero-order valence-corrected chi connectivity index (χ0v) is 17.9. The van der Waals surface area contributed by atoms with Gasteiger partial charge in [-0.2, -0.15) is 0 Å². The molecule has 0 amide bonds. The number of rotatable bonds is 3. The second-order valence-corrected chi connectivity index (χ2v) is 8.76. The van der Waals surface area contributed by atoms with Crippen molar-refractivity contribution in [3.05, 3.63) is 90.5 Å². The van der Waals surface area contributed by atoms with Crippen LogP contribution in [0.25, 0.3) is 53.7 Å². The molecule has 0 fully saturated rings. The third-order valence-electron chi connectivity index (χ3n) is 5.93. The summed E-state index contributed by atoms with van der Waals surface area (Å²) in [5.41, 5.74) is 5.73. The normalized spacial score (nSPS) is 13.5. The van der Waals surface area contributed by atoms with E-state index in [-0.39, 0.29) is 0 Å². The number of hydrogen-bond donors (Lipinski definition) is 0. The van der Waals surface area contributed by atoms with E-state index in [1.807, 2.05) is 18.2 Å². The molecule has 0 aliphatic rings. The van der Waals surface area contributed by atoms with Gasteiger partial charge >= 0.3 is 0 Å². The van der Waals surface area contributed by atoms with Gasteiger partial charge in [-0.3, -0.25) is 0 Å². The highest BCUT2D eigenvalue weighted by atomic mass is 32.1. The quantitative estimate of drug-likeness (QED) is 0.282. The van der Waals surface area contributed by atoms with Gasteiger partial charge in [-0.15, -0.1) is 11.3 Å². The van der Waals surface area contributed by atoms with Crippen molar-refractivity contribution in [2.45, 2.75) is 20.3 Å². The maximum atomic E-state index is 7.70. The van der Waals surface area contributed by atoms with Gasteiger partial charge in [-0.25, -0.2) is 4.98 Å². The molecule has 0 bridgehead atoms. The van der Waals surface area contributed by atoms with Crippen molar-refractivity contribution in [1.29, 1.82) is 0 Å². The van der Waals surface area contributed by atoms with Crippen LogP contribution in [-0.2, 0) is 6.54 Å². The first-order chi connectivity index (χ1) is 16.5. The van der Waals surface area contributed by atoms with Gasteiger partial charge in [-0.05, 0) is 49.2 Å². The van der Waals surface area contributed by atoms with Gasteiger partial charge in [-0.1, -0.05) is 66.2 Å². The Hall–Kier alpha value is -3.43. The minimum Gasteiger partial charge on any atom is -0.324 e. The molecule has 0 unspecified atom stereocenters. The van der Waals surface area contributed by atoms with Gasteiger partial charge in [0.15, 0.2) is 0 Å². The number of benzene rings is 4. The molecule has 0 aliphatic carbocycles. The molecule has 4 aromatic carbocycles. The van der Waals surface area contributed by atoms with Crippen molar-refractivity contribution in [2.24, 2.45) is 0 Å². The fraction of sp³-hybridized carbons (Fsp3) is 0.107. The van der Waals surface area contributed by atoms with Gasteiger partial charge < -0.3 is 4.57 Å². The summed E-state index contributed by atoms with van der Waals surface area (Å²) in [6.45, 7) is 0.882. The zero-order chi connectivity index (χ0) is 23.4. The van der Waals surface area contributed by atoms with Crippen LogP contribution in [0.5, 0.6) is 0 Å². The van der Waals surface area contributed by atoms with Crippen molar-refractivity contribution in [3.8, 4) is 22.5 Å². The Morgan fingerprint density at radius 1 is 0.871 bits per heavy atom.